The molecule has 1 aromatic carbocycles. The Morgan fingerprint density at radius 2 is 1.50 bits per heavy atom. The summed E-state index contributed by atoms with van der Waals surface area (Å²) in [7, 11) is 0. The Bertz CT molecular complexity index is 280. The Kier molecular flexibility index (Phi) is 8.42. The SMILES string of the molecule is C=C1CCC(c2ccccc2)CC1.CC.[V]. The molecule has 0 amide bonds. The molecule has 0 aliphatic heterocycles. The zero-order valence-corrected chi connectivity index (χ0v) is 11.8. The van der Waals surface area contributed by atoms with Crippen LogP contribution in [0.3, 0.4) is 0 Å². The molecule has 1 aliphatic carbocycles. The molecule has 0 heterocycles. The Hall–Kier alpha value is -0.456. The summed E-state index contributed by atoms with van der Waals surface area (Å²) in [5.74, 6) is 0.784. The van der Waals surface area contributed by atoms with Gasteiger partial charge in [0.2, 0.25) is 0 Å². The van der Waals surface area contributed by atoms with Crippen LogP contribution in [0, 0.1) is 0 Å². The Labute approximate surface area is 112 Å². The van der Waals surface area contributed by atoms with Crippen molar-refractivity contribution in [1.82, 2.24) is 0 Å². The first-order valence-electron chi connectivity index (χ1n) is 6.08. The van der Waals surface area contributed by atoms with Crippen LogP contribution in [0.25, 0.3) is 0 Å². The van der Waals surface area contributed by atoms with Crippen LogP contribution in [0.2, 0.25) is 0 Å². The number of hydrogen-bond acceptors (Lipinski definition) is 0. The molecule has 0 atom stereocenters. The molecule has 1 fully saturated rings. The molecule has 0 spiro atoms. The molecular formula is C15H22V. The van der Waals surface area contributed by atoms with E-state index in [9.17, 15) is 0 Å². The van der Waals surface area contributed by atoms with Crippen molar-refractivity contribution in [2.75, 3.05) is 0 Å². The maximum Gasteiger partial charge on any atom is 0 e. The quantitative estimate of drug-likeness (QED) is 0.623. The molecule has 1 aromatic rings. The Morgan fingerprint density at radius 1 is 1.00 bits per heavy atom. The smallest absolute Gasteiger partial charge is 0 e. The third-order valence-electron chi connectivity index (χ3n) is 2.96. The average Bonchev–Trinajstić information content (AvgIpc) is 2.34. The van der Waals surface area contributed by atoms with Gasteiger partial charge < -0.3 is 0 Å². The van der Waals surface area contributed by atoms with E-state index in [0.717, 1.165) is 5.92 Å². The number of hydrogen-bond donors (Lipinski definition) is 0. The maximum atomic E-state index is 4.04. The summed E-state index contributed by atoms with van der Waals surface area (Å²) in [6.07, 6.45) is 5.03. The van der Waals surface area contributed by atoms with Crippen molar-refractivity contribution in [3.8, 4) is 0 Å². The molecule has 0 nitrogen and oxygen atoms in total. The van der Waals surface area contributed by atoms with Crippen molar-refractivity contribution < 1.29 is 18.6 Å². The largest absolute Gasteiger partial charge is 0.0999 e. The van der Waals surface area contributed by atoms with Crippen LogP contribution in [-0.4, -0.2) is 0 Å². The molecule has 87 valence electrons. The maximum absolute atomic E-state index is 4.04. The zero-order valence-electron chi connectivity index (χ0n) is 10.4. The molecule has 0 bridgehead atoms. The van der Waals surface area contributed by atoms with Gasteiger partial charge >= 0.3 is 0 Å². The van der Waals surface area contributed by atoms with Crippen molar-refractivity contribution in [3.63, 3.8) is 0 Å². The minimum absolute atomic E-state index is 0. The van der Waals surface area contributed by atoms with Crippen LogP contribution >= 0.6 is 0 Å². The van der Waals surface area contributed by atoms with E-state index in [1.165, 1.54) is 36.8 Å². The monoisotopic (exact) mass is 253 g/mol. The van der Waals surface area contributed by atoms with Gasteiger partial charge in [0.25, 0.3) is 0 Å². The normalized spacial score (nSPS) is 15.8. The van der Waals surface area contributed by atoms with E-state index in [2.05, 4.69) is 36.9 Å². The van der Waals surface area contributed by atoms with Crippen molar-refractivity contribution in [1.29, 1.82) is 0 Å². The van der Waals surface area contributed by atoms with Gasteiger partial charge in [-0.2, -0.15) is 0 Å². The van der Waals surface area contributed by atoms with Gasteiger partial charge in [0.05, 0.1) is 0 Å². The van der Waals surface area contributed by atoms with Crippen LogP contribution in [0.15, 0.2) is 42.5 Å². The number of benzene rings is 1. The fourth-order valence-electron chi connectivity index (χ4n) is 2.08. The van der Waals surface area contributed by atoms with Gasteiger partial charge in [-0.3, -0.25) is 0 Å². The van der Waals surface area contributed by atoms with Crippen LogP contribution in [-0.2, 0) is 18.6 Å². The van der Waals surface area contributed by atoms with Gasteiger partial charge in [-0.1, -0.05) is 56.3 Å². The second-order valence-electron chi connectivity index (χ2n) is 3.93. The van der Waals surface area contributed by atoms with E-state index in [0.29, 0.717) is 0 Å². The first kappa shape index (κ1) is 15.5. The van der Waals surface area contributed by atoms with Gasteiger partial charge in [-0.25, -0.2) is 0 Å². The summed E-state index contributed by atoms with van der Waals surface area (Å²) in [6.45, 7) is 8.04. The molecule has 0 saturated heterocycles. The Balaban J connectivity index is 0.000000711. The van der Waals surface area contributed by atoms with Crippen LogP contribution in [0.1, 0.15) is 51.0 Å². The van der Waals surface area contributed by atoms with Crippen LogP contribution < -0.4 is 0 Å². The summed E-state index contributed by atoms with van der Waals surface area (Å²) in [5.41, 5.74) is 2.95. The molecule has 1 aliphatic rings. The molecule has 1 radical (unpaired) electrons. The third-order valence-corrected chi connectivity index (χ3v) is 2.96. The van der Waals surface area contributed by atoms with E-state index in [4.69, 9.17) is 0 Å². The minimum atomic E-state index is 0. The van der Waals surface area contributed by atoms with E-state index in [1.54, 1.807) is 0 Å². The zero-order chi connectivity index (χ0) is 11.1. The summed E-state index contributed by atoms with van der Waals surface area (Å²) in [6, 6.07) is 10.9. The van der Waals surface area contributed by atoms with Crippen LogP contribution in [0.4, 0.5) is 0 Å². The summed E-state index contributed by atoms with van der Waals surface area (Å²) in [5, 5.41) is 0. The van der Waals surface area contributed by atoms with Crippen molar-refractivity contribution in [2.24, 2.45) is 0 Å². The molecule has 0 unspecified atom stereocenters. The van der Waals surface area contributed by atoms with Gasteiger partial charge in [0, 0.05) is 18.6 Å². The number of rotatable bonds is 1. The van der Waals surface area contributed by atoms with Gasteiger partial charge in [0.15, 0.2) is 0 Å². The van der Waals surface area contributed by atoms with E-state index >= 15 is 0 Å². The third kappa shape index (κ3) is 4.59. The predicted molar refractivity (Wildman–Crippen MR) is 68.1 cm³/mol. The van der Waals surface area contributed by atoms with Crippen molar-refractivity contribution >= 4 is 0 Å². The summed E-state index contributed by atoms with van der Waals surface area (Å²) in [4.78, 5) is 0. The standard InChI is InChI=1S/C13H16.C2H6.V/c1-11-7-9-13(10-8-11)12-5-3-2-4-6-12;1-2;/h2-6,13H,1,7-10H2;1-2H3;. The van der Waals surface area contributed by atoms with Crippen molar-refractivity contribution in [3.05, 3.63) is 48.0 Å². The molecule has 16 heavy (non-hydrogen) atoms. The first-order valence-corrected chi connectivity index (χ1v) is 6.08. The van der Waals surface area contributed by atoms with Gasteiger partial charge in [-0.15, -0.1) is 0 Å². The summed E-state index contributed by atoms with van der Waals surface area (Å²) >= 11 is 0. The molecule has 1 saturated carbocycles. The average molecular weight is 253 g/mol. The molecule has 0 N–H and O–H groups in total. The van der Waals surface area contributed by atoms with Crippen molar-refractivity contribution in [2.45, 2.75) is 45.4 Å². The molecule has 2 rings (SSSR count). The number of allylic oxidation sites excluding steroid dienone is 1. The van der Waals surface area contributed by atoms with E-state index < -0.39 is 0 Å². The van der Waals surface area contributed by atoms with E-state index in [1.807, 2.05) is 13.8 Å². The predicted octanol–water partition coefficient (Wildman–Crippen LogP) is 4.92. The fraction of sp³-hybridized carbons (Fsp3) is 0.467. The molecular weight excluding hydrogens is 231 g/mol. The molecule has 0 aromatic heterocycles. The van der Waals surface area contributed by atoms with Gasteiger partial charge in [0.1, 0.15) is 0 Å². The van der Waals surface area contributed by atoms with Crippen LogP contribution in [0.5, 0.6) is 0 Å². The first-order chi connectivity index (χ1) is 7.36. The molecule has 1 heteroatoms. The van der Waals surface area contributed by atoms with E-state index in [-0.39, 0.29) is 18.6 Å². The minimum Gasteiger partial charge on any atom is -0.0999 e. The summed E-state index contributed by atoms with van der Waals surface area (Å²) < 4.78 is 0. The second kappa shape index (κ2) is 8.67. The Morgan fingerprint density at radius 3 is 2.00 bits per heavy atom. The van der Waals surface area contributed by atoms with Gasteiger partial charge in [-0.05, 0) is 37.2 Å². The topological polar surface area (TPSA) is 0 Å². The fourth-order valence-corrected chi connectivity index (χ4v) is 2.08. The second-order valence-corrected chi connectivity index (χ2v) is 3.93.